The summed E-state index contributed by atoms with van der Waals surface area (Å²) in [7, 11) is 0. The molecule has 0 bridgehead atoms. The standard InChI is InChI=1S/C11H16OS/c1-11(2,12)8-4-3-6-10-7-5-9-13-10/h3,5-7,9,12H,4,8H2,1-2H3/b6-3+. The van der Waals surface area contributed by atoms with Crippen molar-refractivity contribution in [3.05, 3.63) is 28.5 Å². The van der Waals surface area contributed by atoms with Gasteiger partial charge in [0, 0.05) is 4.88 Å². The number of aliphatic hydroxyl groups is 1. The van der Waals surface area contributed by atoms with Crippen LogP contribution in [0.15, 0.2) is 23.6 Å². The third-order valence-corrected chi connectivity index (χ3v) is 2.59. The van der Waals surface area contributed by atoms with E-state index in [-0.39, 0.29) is 0 Å². The minimum Gasteiger partial charge on any atom is -0.390 e. The Morgan fingerprint density at radius 3 is 2.85 bits per heavy atom. The summed E-state index contributed by atoms with van der Waals surface area (Å²) >= 11 is 1.73. The summed E-state index contributed by atoms with van der Waals surface area (Å²) in [6, 6.07) is 4.13. The molecular formula is C11H16OS. The van der Waals surface area contributed by atoms with Crippen LogP contribution in [-0.2, 0) is 0 Å². The van der Waals surface area contributed by atoms with E-state index in [1.54, 1.807) is 11.3 Å². The van der Waals surface area contributed by atoms with Crippen LogP contribution in [0.4, 0.5) is 0 Å². The molecule has 0 atom stereocenters. The van der Waals surface area contributed by atoms with Crippen molar-refractivity contribution in [2.75, 3.05) is 0 Å². The molecule has 0 saturated heterocycles. The van der Waals surface area contributed by atoms with Crippen molar-refractivity contribution in [1.82, 2.24) is 0 Å². The highest BCUT2D eigenvalue weighted by molar-refractivity contribution is 7.10. The second-order valence-electron chi connectivity index (χ2n) is 3.77. The van der Waals surface area contributed by atoms with Gasteiger partial charge in [-0.25, -0.2) is 0 Å². The summed E-state index contributed by atoms with van der Waals surface area (Å²) in [6.45, 7) is 3.68. The van der Waals surface area contributed by atoms with E-state index in [0.717, 1.165) is 12.8 Å². The molecule has 0 radical (unpaired) electrons. The van der Waals surface area contributed by atoms with Crippen LogP contribution in [0, 0.1) is 0 Å². The van der Waals surface area contributed by atoms with E-state index in [4.69, 9.17) is 0 Å². The van der Waals surface area contributed by atoms with Crippen molar-refractivity contribution in [3.8, 4) is 0 Å². The largest absolute Gasteiger partial charge is 0.390 e. The molecule has 1 aromatic heterocycles. The topological polar surface area (TPSA) is 20.2 Å². The number of hydrogen-bond donors (Lipinski definition) is 1. The van der Waals surface area contributed by atoms with Gasteiger partial charge in [0.15, 0.2) is 0 Å². The first kappa shape index (κ1) is 10.5. The van der Waals surface area contributed by atoms with Crippen molar-refractivity contribution in [3.63, 3.8) is 0 Å². The maximum atomic E-state index is 9.44. The molecule has 0 aliphatic rings. The molecular weight excluding hydrogens is 180 g/mol. The minimum absolute atomic E-state index is 0.542. The minimum atomic E-state index is -0.542. The maximum Gasteiger partial charge on any atom is 0.0594 e. The first-order valence-electron chi connectivity index (χ1n) is 4.50. The van der Waals surface area contributed by atoms with Gasteiger partial charge in [0.1, 0.15) is 0 Å². The molecule has 1 aromatic rings. The van der Waals surface area contributed by atoms with Gasteiger partial charge in [0.25, 0.3) is 0 Å². The zero-order valence-corrected chi connectivity index (χ0v) is 8.97. The number of hydrogen-bond acceptors (Lipinski definition) is 2. The van der Waals surface area contributed by atoms with Gasteiger partial charge in [-0.3, -0.25) is 0 Å². The molecule has 0 aliphatic carbocycles. The van der Waals surface area contributed by atoms with Crippen LogP contribution in [0.5, 0.6) is 0 Å². The molecule has 2 heteroatoms. The van der Waals surface area contributed by atoms with Crippen LogP contribution in [0.1, 0.15) is 31.6 Å². The molecule has 1 heterocycles. The fraction of sp³-hybridized carbons (Fsp3) is 0.455. The van der Waals surface area contributed by atoms with Crippen LogP contribution >= 0.6 is 11.3 Å². The van der Waals surface area contributed by atoms with E-state index < -0.39 is 5.60 Å². The lowest BCUT2D eigenvalue weighted by Gasteiger charge is -2.14. The normalized spacial score (nSPS) is 12.5. The van der Waals surface area contributed by atoms with Gasteiger partial charge in [-0.2, -0.15) is 0 Å². The Labute approximate surface area is 83.7 Å². The second kappa shape index (κ2) is 4.58. The van der Waals surface area contributed by atoms with Crippen LogP contribution in [0.25, 0.3) is 6.08 Å². The van der Waals surface area contributed by atoms with Gasteiger partial charge in [-0.1, -0.05) is 12.1 Å². The highest BCUT2D eigenvalue weighted by atomic mass is 32.1. The molecule has 0 saturated carbocycles. The number of thiophene rings is 1. The second-order valence-corrected chi connectivity index (χ2v) is 4.75. The highest BCUT2D eigenvalue weighted by Gasteiger charge is 2.09. The quantitative estimate of drug-likeness (QED) is 0.783. The van der Waals surface area contributed by atoms with Crippen LogP contribution < -0.4 is 0 Å². The zero-order chi connectivity index (χ0) is 9.73. The summed E-state index contributed by atoms with van der Waals surface area (Å²) in [5.74, 6) is 0. The lowest BCUT2D eigenvalue weighted by atomic mass is 10.0. The van der Waals surface area contributed by atoms with Crippen molar-refractivity contribution in [2.24, 2.45) is 0 Å². The van der Waals surface area contributed by atoms with Gasteiger partial charge >= 0.3 is 0 Å². The van der Waals surface area contributed by atoms with E-state index in [1.165, 1.54) is 4.88 Å². The summed E-state index contributed by atoms with van der Waals surface area (Å²) in [4.78, 5) is 1.27. The fourth-order valence-electron chi connectivity index (χ4n) is 1.02. The third kappa shape index (κ3) is 4.86. The maximum absolute atomic E-state index is 9.44. The van der Waals surface area contributed by atoms with Gasteiger partial charge < -0.3 is 5.11 Å². The van der Waals surface area contributed by atoms with Crippen molar-refractivity contribution < 1.29 is 5.11 Å². The van der Waals surface area contributed by atoms with E-state index in [2.05, 4.69) is 23.6 Å². The molecule has 0 aliphatic heterocycles. The van der Waals surface area contributed by atoms with Gasteiger partial charge in [0.05, 0.1) is 5.60 Å². The Morgan fingerprint density at radius 2 is 2.31 bits per heavy atom. The van der Waals surface area contributed by atoms with E-state index >= 15 is 0 Å². The fourth-order valence-corrected chi connectivity index (χ4v) is 1.67. The molecule has 72 valence electrons. The molecule has 0 fully saturated rings. The highest BCUT2D eigenvalue weighted by Crippen LogP contribution is 2.14. The Balaban J connectivity index is 2.27. The molecule has 13 heavy (non-hydrogen) atoms. The monoisotopic (exact) mass is 196 g/mol. The Morgan fingerprint density at radius 1 is 1.54 bits per heavy atom. The van der Waals surface area contributed by atoms with Crippen molar-refractivity contribution in [2.45, 2.75) is 32.3 Å². The van der Waals surface area contributed by atoms with Gasteiger partial charge in [-0.05, 0) is 44.2 Å². The molecule has 0 unspecified atom stereocenters. The Bertz CT molecular complexity index is 254. The average Bonchev–Trinajstić information content (AvgIpc) is 2.48. The average molecular weight is 196 g/mol. The number of rotatable bonds is 4. The summed E-state index contributed by atoms with van der Waals surface area (Å²) in [5, 5.41) is 11.5. The predicted octanol–water partition coefficient (Wildman–Crippen LogP) is 3.31. The van der Waals surface area contributed by atoms with Crippen LogP contribution in [-0.4, -0.2) is 10.7 Å². The van der Waals surface area contributed by atoms with E-state index in [0.29, 0.717) is 0 Å². The van der Waals surface area contributed by atoms with Crippen molar-refractivity contribution in [1.29, 1.82) is 0 Å². The molecule has 1 N–H and O–H groups in total. The molecule has 0 amide bonds. The van der Waals surface area contributed by atoms with Crippen molar-refractivity contribution >= 4 is 17.4 Å². The predicted molar refractivity (Wildman–Crippen MR) is 58.9 cm³/mol. The lowest BCUT2D eigenvalue weighted by Crippen LogP contribution is -2.17. The first-order valence-corrected chi connectivity index (χ1v) is 5.38. The summed E-state index contributed by atoms with van der Waals surface area (Å²) in [5.41, 5.74) is -0.542. The SMILES string of the molecule is CC(C)(O)CC/C=C/c1cccs1. The Hall–Kier alpha value is -0.600. The van der Waals surface area contributed by atoms with E-state index in [9.17, 15) is 5.11 Å². The summed E-state index contributed by atoms with van der Waals surface area (Å²) < 4.78 is 0. The Kier molecular flexibility index (Phi) is 3.70. The third-order valence-electron chi connectivity index (χ3n) is 1.75. The van der Waals surface area contributed by atoms with Crippen LogP contribution in [0.3, 0.4) is 0 Å². The van der Waals surface area contributed by atoms with Crippen LogP contribution in [0.2, 0.25) is 0 Å². The molecule has 1 rings (SSSR count). The van der Waals surface area contributed by atoms with E-state index in [1.807, 2.05) is 19.9 Å². The van der Waals surface area contributed by atoms with Gasteiger partial charge in [0.2, 0.25) is 0 Å². The molecule has 0 spiro atoms. The number of allylic oxidation sites excluding steroid dienone is 1. The van der Waals surface area contributed by atoms with Gasteiger partial charge in [-0.15, -0.1) is 11.3 Å². The molecule has 1 nitrogen and oxygen atoms in total. The zero-order valence-electron chi connectivity index (χ0n) is 8.16. The lowest BCUT2D eigenvalue weighted by molar-refractivity contribution is 0.0722. The molecule has 0 aromatic carbocycles. The summed E-state index contributed by atoms with van der Waals surface area (Å²) in [6.07, 6.45) is 5.97. The smallest absolute Gasteiger partial charge is 0.0594 e. The first-order chi connectivity index (χ1) is 6.08.